The molecule has 156 valence electrons. The lowest BCUT2D eigenvalue weighted by atomic mass is 10.1. The average Bonchev–Trinajstić information content (AvgIpc) is 3.27. The fourth-order valence-corrected chi connectivity index (χ4v) is 3.11. The van der Waals surface area contributed by atoms with Gasteiger partial charge < -0.3 is 25.3 Å². The van der Waals surface area contributed by atoms with Crippen molar-refractivity contribution in [1.29, 1.82) is 0 Å². The summed E-state index contributed by atoms with van der Waals surface area (Å²) in [5.41, 5.74) is 2.56. The third-order valence-electron chi connectivity index (χ3n) is 4.45. The van der Waals surface area contributed by atoms with E-state index in [1.54, 1.807) is 36.8 Å². The van der Waals surface area contributed by atoms with Crippen LogP contribution in [0.3, 0.4) is 0 Å². The van der Waals surface area contributed by atoms with Gasteiger partial charge in [0.15, 0.2) is 0 Å². The molecule has 3 rings (SSSR count). The van der Waals surface area contributed by atoms with Crippen LogP contribution in [0.1, 0.15) is 33.6 Å². The van der Waals surface area contributed by atoms with Gasteiger partial charge in [-0.1, -0.05) is 23.7 Å². The van der Waals surface area contributed by atoms with Crippen molar-refractivity contribution < 1.29 is 24.2 Å². The van der Waals surface area contributed by atoms with E-state index in [4.69, 9.17) is 16.0 Å². The zero-order valence-electron chi connectivity index (χ0n) is 16.0. The van der Waals surface area contributed by atoms with E-state index in [2.05, 4.69) is 10.6 Å². The quantitative estimate of drug-likeness (QED) is 0.299. The Hall–Kier alpha value is -3.29. The minimum absolute atomic E-state index is 0.0210. The van der Waals surface area contributed by atoms with Crippen LogP contribution in [0.4, 0.5) is 5.69 Å². The summed E-state index contributed by atoms with van der Waals surface area (Å²) in [5.74, 6) is -1.36. The summed E-state index contributed by atoms with van der Waals surface area (Å²) in [6.07, 6.45) is 3.03. The van der Waals surface area contributed by atoms with Gasteiger partial charge in [0.2, 0.25) is 0 Å². The number of furan rings is 1. The largest absolute Gasteiger partial charge is 0.478 e. The maximum absolute atomic E-state index is 12.4. The highest BCUT2D eigenvalue weighted by molar-refractivity contribution is 6.31. The summed E-state index contributed by atoms with van der Waals surface area (Å²) >= 11 is 5.82. The number of carboxylic acid groups (broad SMARTS) is 1. The molecule has 0 fully saturated rings. The first-order chi connectivity index (χ1) is 14.4. The molecule has 0 saturated heterocycles. The number of aliphatic hydroxyl groups excluding tert-OH is 1. The SMILES string of the molecule is O=C(NCCCC(O)Nc1ccc(Cl)cc1C(=O)O)c1cccc(-c2ccoc2)c1. The summed E-state index contributed by atoms with van der Waals surface area (Å²) in [5, 5.41) is 25.2. The van der Waals surface area contributed by atoms with E-state index < -0.39 is 12.2 Å². The number of benzene rings is 2. The molecule has 0 aliphatic rings. The van der Waals surface area contributed by atoms with E-state index >= 15 is 0 Å². The van der Waals surface area contributed by atoms with Crippen molar-refractivity contribution in [2.45, 2.75) is 19.1 Å². The lowest BCUT2D eigenvalue weighted by molar-refractivity contribution is 0.0697. The first kappa shape index (κ1) is 21.4. The van der Waals surface area contributed by atoms with Gasteiger partial charge in [0.05, 0.1) is 23.8 Å². The number of nitrogens with one attached hydrogen (secondary N) is 2. The van der Waals surface area contributed by atoms with Crippen LogP contribution in [0.25, 0.3) is 11.1 Å². The molecule has 0 spiro atoms. The molecule has 0 bridgehead atoms. The van der Waals surface area contributed by atoms with Crippen LogP contribution in [0, 0.1) is 0 Å². The molecule has 8 heteroatoms. The van der Waals surface area contributed by atoms with Crippen LogP contribution in [-0.2, 0) is 0 Å². The second kappa shape index (κ2) is 9.96. The Labute approximate surface area is 178 Å². The second-order valence-electron chi connectivity index (χ2n) is 6.65. The van der Waals surface area contributed by atoms with Crippen LogP contribution in [0.2, 0.25) is 5.02 Å². The monoisotopic (exact) mass is 428 g/mol. The average molecular weight is 429 g/mol. The molecule has 0 aliphatic carbocycles. The van der Waals surface area contributed by atoms with Gasteiger partial charge in [0.1, 0.15) is 6.23 Å². The van der Waals surface area contributed by atoms with Gasteiger partial charge in [0.25, 0.3) is 5.91 Å². The fraction of sp³-hybridized carbons (Fsp3) is 0.182. The molecule has 4 N–H and O–H groups in total. The highest BCUT2D eigenvalue weighted by Crippen LogP contribution is 2.22. The lowest BCUT2D eigenvalue weighted by Crippen LogP contribution is -2.27. The minimum Gasteiger partial charge on any atom is -0.478 e. The summed E-state index contributed by atoms with van der Waals surface area (Å²) in [6.45, 7) is 0.361. The van der Waals surface area contributed by atoms with Gasteiger partial charge in [-0.2, -0.15) is 0 Å². The van der Waals surface area contributed by atoms with Crippen LogP contribution >= 0.6 is 11.6 Å². The molecule has 0 saturated carbocycles. The standard InChI is InChI=1S/C22H21ClN2O5/c23-17-6-7-19(18(12-17)22(28)29)25-20(26)5-2-9-24-21(27)15-4-1-3-14(11-15)16-8-10-30-13-16/h1,3-4,6-8,10-13,20,25-26H,2,5,9H2,(H,24,27)(H,28,29). The predicted molar refractivity (Wildman–Crippen MR) is 114 cm³/mol. The van der Waals surface area contributed by atoms with Crippen molar-refractivity contribution >= 4 is 29.2 Å². The predicted octanol–water partition coefficient (Wildman–Crippen LogP) is 4.24. The van der Waals surface area contributed by atoms with E-state index in [0.717, 1.165) is 11.1 Å². The number of rotatable bonds is 9. The van der Waals surface area contributed by atoms with Gasteiger partial charge in [-0.15, -0.1) is 0 Å². The van der Waals surface area contributed by atoms with E-state index in [1.165, 1.54) is 12.1 Å². The number of aromatic carboxylic acids is 1. The van der Waals surface area contributed by atoms with Crippen molar-refractivity contribution in [3.63, 3.8) is 0 Å². The molecule has 0 aliphatic heterocycles. The van der Waals surface area contributed by atoms with Gasteiger partial charge in [-0.25, -0.2) is 4.79 Å². The number of anilines is 1. The van der Waals surface area contributed by atoms with Crippen molar-refractivity contribution in [1.82, 2.24) is 5.32 Å². The maximum atomic E-state index is 12.4. The van der Waals surface area contributed by atoms with Crippen molar-refractivity contribution in [3.8, 4) is 11.1 Å². The number of carboxylic acids is 1. The van der Waals surface area contributed by atoms with Gasteiger partial charge in [0, 0.05) is 22.7 Å². The molecule has 1 amide bonds. The van der Waals surface area contributed by atoms with Crippen molar-refractivity contribution in [3.05, 3.63) is 77.2 Å². The molecule has 30 heavy (non-hydrogen) atoms. The molecule has 1 atom stereocenters. The third kappa shape index (κ3) is 5.62. The number of amides is 1. The number of carbonyl (C=O) groups excluding carboxylic acids is 1. The molecule has 7 nitrogen and oxygen atoms in total. The first-order valence-electron chi connectivity index (χ1n) is 9.32. The Morgan fingerprint density at radius 2 is 1.93 bits per heavy atom. The van der Waals surface area contributed by atoms with Crippen molar-refractivity contribution in [2.24, 2.45) is 0 Å². The molecule has 2 aromatic carbocycles. The normalized spacial score (nSPS) is 11.7. The van der Waals surface area contributed by atoms with Crippen LogP contribution in [-0.4, -0.2) is 34.9 Å². The highest BCUT2D eigenvalue weighted by atomic mass is 35.5. The topological polar surface area (TPSA) is 112 Å². The molecule has 1 aromatic heterocycles. The lowest BCUT2D eigenvalue weighted by Gasteiger charge is -2.16. The molecule has 1 heterocycles. The van der Waals surface area contributed by atoms with E-state index in [-0.39, 0.29) is 17.2 Å². The Bertz CT molecular complexity index is 1020. The Kier molecular flexibility index (Phi) is 7.11. The maximum Gasteiger partial charge on any atom is 0.337 e. The molecule has 1 unspecified atom stereocenters. The van der Waals surface area contributed by atoms with E-state index in [9.17, 15) is 19.8 Å². The van der Waals surface area contributed by atoms with Gasteiger partial charge in [-0.05, 0) is 54.8 Å². The summed E-state index contributed by atoms with van der Waals surface area (Å²) in [7, 11) is 0. The third-order valence-corrected chi connectivity index (χ3v) is 4.69. The summed E-state index contributed by atoms with van der Waals surface area (Å²) < 4.78 is 5.07. The summed E-state index contributed by atoms with van der Waals surface area (Å²) in [6, 6.07) is 13.4. The molecule has 3 aromatic rings. The van der Waals surface area contributed by atoms with Crippen molar-refractivity contribution in [2.75, 3.05) is 11.9 Å². The number of carbonyl (C=O) groups is 2. The minimum atomic E-state index is -1.14. The second-order valence-corrected chi connectivity index (χ2v) is 7.08. The molecular formula is C22H21ClN2O5. The van der Waals surface area contributed by atoms with Crippen LogP contribution < -0.4 is 10.6 Å². The van der Waals surface area contributed by atoms with Gasteiger partial charge in [-0.3, -0.25) is 4.79 Å². The highest BCUT2D eigenvalue weighted by Gasteiger charge is 2.14. The number of aliphatic hydroxyl groups is 1. The smallest absolute Gasteiger partial charge is 0.337 e. The van der Waals surface area contributed by atoms with E-state index in [1.807, 2.05) is 12.1 Å². The first-order valence-corrected chi connectivity index (χ1v) is 9.70. The Balaban J connectivity index is 1.48. The molecular weight excluding hydrogens is 408 g/mol. The van der Waals surface area contributed by atoms with Crippen LogP contribution in [0.5, 0.6) is 0 Å². The zero-order valence-corrected chi connectivity index (χ0v) is 16.7. The number of halogens is 1. The van der Waals surface area contributed by atoms with E-state index in [0.29, 0.717) is 30.0 Å². The molecule has 0 radical (unpaired) electrons. The Morgan fingerprint density at radius 3 is 2.67 bits per heavy atom. The van der Waals surface area contributed by atoms with Gasteiger partial charge >= 0.3 is 5.97 Å². The number of hydrogen-bond acceptors (Lipinski definition) is 5. The number of hydrogen-bond donors (Lipinski definition) is 4. The van der Waals surface area contributed by atoms with Crippen LogP contribution in [0.15, 0.2) is 65.5 Å². The zero-order chi connectivity index (χ0) is 21.5. The fourth-order valence-electron chi connectivity index (χ4n) is 2.94. The summed E-state index contributed by atoms with van der Waals surface area (Å²) in [4.78, 5) is 23.7. The Morgan fingerprint density at radius 1 is 1.10 bits per heavy atom.